The van der Waals surface area contributed by atoms with E-state index in [-0.39, 0.29) is 18.1 Å². The van der Waals surface area contributed by atoms with Crippen molar-refractivity contribution in [1.29, 1.82) is 0 Å². The van der Waals surface area contributed by atoms with Gasteiger partial charge in [0.05, 0.1) is 36.7 Å². The van der Waals surface area contributed by atoms with E-state index < -0.39 is 0 Å². The number of amides is 2. The SMILES string of the molecule is CC(C)C1CN2C(=O)N(Cc3ccc(Cl)cc3)c3cc(N4CCC(N)CC4)cnc3C2=N1. The van der Waals surface area contributed by atoms with Crippen LogP contribution in [0.2, 0.25) is 5.02 Å². The van der Waals surface area contributed by atoms with Crippen LogP contribution in [0.15, 0.2) is 41.5 Å². The largest absolute Gasteiger partial charge is 0.370 e. The van der Waals surface area contributed by atoms with Crippen LogP contribution in [-0.2, 0) is 6.54 Å². The summed E-state index contributed by atoms with van der Waals surface area (Å²) in [7, 11) is 0. The molecule has 0 radical (unpaired) electrons. The van der Waals surface area contributed by atoms with E-state index in [0.29, 0.717) is 29.9 Å². The average molecular weight is 453 g/mol. The van der Waals surface area contributed by atoms with Gasteiger partial charge in [0.2, 0.25) is 0 Å². The Bertz CT molecular complexity index is 1040. The second-order valence-electron chi connectivity index (χ2n) is 9.26. The summed E-state index contributed by atoms with van der Waals surface area (Å²) >= 11 is 6.07. The fourth-order valence-electron chi connectivity index (χ4n) is 4.58. The fourth-order valence-corrected chi connectivity index (χ4v) is 4.71. The zero-order valence-corrected chi connectivity index (χ0v) is 19.3. The van der Waals surface area contributed by atoms with Gasteiger partial charge in [-0.1, -0.05) is 37.6 Å². The number of piperidine rings is 1. The average Bonchev–Trinajstić information content (AvgIpc) is 3.24. The van der Waals surface area contributed by atoms with E-state index in [4.69, 9.17) is 27.3 Å². The molecule has 1 saturated heterocycles. The molecule has 0 saturated carbocycles. The number of nitrogens with two attached hydrogens (primary N) is 1. The van der Waals surface area contributed by atoms with Crippen molar-refractivity contribution in [3.05, 3.63) is 52.8 Å². The molecule has 5 rings (SSSR count). The van der Waals surface area contributed by atoms with Gasteiger partial charge < -0.3 is 10.6 Å². The number of aromatic nitrogens is 1. The van der Waals surface area contributed by atoms with Crippen molar-refractivity contribution < 1.29 is 4.79 Å². The van der Waals surface area contributed by atoms with Gasteiger partial charge in [0, 0.05) is 24.2 Å². The second kappa shape index (κ2) is 8.37. The van der Waals surface area contributed by atoms with Crippen molar-refractivity contribution >= 4 is 34.8 Å². The van der Waals surface area contributed by atoms with Crippen LogP contribution < -0.4 is 15.5 Å². The number of carbonyl (C=O) groups is 1. The van der Waals surface area contributed by atoms with Crippen molar-refractivity contribution in [3.63, 3.8) is 0 Å². The van der Waals surface area contributed by atoms with Crippen LogP contribution in [-0.4, -0.2) is 53.5 Å². The van der Waals surface area contributed by atoms with Crippen LogP contribution in [0.25, 0.3) is 0 Å². The molecule has 4 heterocycles. The Balaban J connectivity index is 1.54. The van der Waals surface area contributed by atoms with Crippen molar-refractivity contribution in [3.8, 4) is 0 Å². The maximum atomic E-state index is 13.6. The van der Waals surface area contributed by atoms with E-state index in [9.17, 15) is 4.79 Å². The van der Waals surface area contributed by atoms with E-state index in [2.05, 4.69) is 24.8 Å². The molecule has 0 bridgehead atoms. The molecule has 1 atom stereocenters. The molecule has 0 spiro atoms. The minimum atomic E-state index is -0.0473. The maximum absolute atomic E-state index is 13.6. The predicted octanol–water partition coefficient (Wildman–Crippen LogP) is 3.89. The van der Waals surface area contributed by atoms with Gasteiger partial charge in [-0.2, -0.15) is 0 Å². The third-order valence-electron chi connectivity index (χ3n) is 6.66. The first-order chi connectivity index (χ1) is 15.4. The molecule has 168 valence electrons. The number of aliphatic imine (C=N–C) groups is 1. The van der Waals surface area contributed by atoms with Crippen LogP contribution in [0.3, 0.4) is 0 Å². The lowest BCUT2D eigenvalue weighted by Crippen LogP contribution is -2.50. The third-order valence-corrected chi connectivity index (χ3v) is 6.91. The molecule has 2 aromatic rings. The Morgan fingerprint density at radius 2 is 1.91 bits per heavy atom. The second-order valence-corrected chi connectivity index (χ2v) is 9.69. The molecule has 1 aromatic heterocycles. The molecule has 3 aliphatic heterocycles. The Labute approximate surface area is 193 Å². The molecule has 7 nitrogen and oxygen atoms in total. The first-order valence-corrected chi connectivity index (χ1v) is 11.7. The lowest BCUT2D eigenvalue weighted by molar-refractivity contribution is 0.225. The summed E-state index contributed by atoms with van der Waals surface area (Å²) in [5.74, 6) is 1.05. The van der Waals surface area contributed by atoms with Gasteiger partial charge in [0.1, 0.15) is 5.69 Å². The number of hydrogen-bond donors (Lipinski definition) is 1. The first kappa shape index (κ1) is 21.2. The van der Waals surface area contributed by atoms with Crippen molar-refractivity contribution in [2.45, 2.75) is 45.3 Å². The monoisotopic (exact) mass is 452 g/mol. The summed E-state index contributed by atoms with van der Waals surface area (Å²) in [6.45, 7) is 7.12. The number of nitrogens with zero attached hydrogens (tertiary/aromatic N) is 5. The molecule has 3 aliphatic rings. The lowest BCUT2D eigenvalue weighted by Gasteiger charge is -2.37. The number of urea groups is 1. The molecule has 1 fully saturated rings. The molecular weight excluding hydrogens is 424 g/mol. The number of hydrogen-bond acceptors (Lipinski definition) is 5. The van der Waals surface area contributed by atoms with E-state index in [1.165, 1.54) is 0 Å². The van der Waals surface area contributed by atoms with E-state index in [1.807, 2.05) is 35.4 Å². The molecule has 8 heteroatoms. The van der Waals surface area contributed by atoms with Crippen molar-refractivity contribution in [2.75, 3.05) is 29.4 Å². The number of rotatable bonds is 4. The van der Waals surface area contributed by atoms with E-state index >= 15 is 0 Å². The molecule has 2 N–H and O–H groups in total. The maximum Gasteiger partial charge on any atom is 0.330 e. The van der Waals surface area contributed by atoms with Crippen LogP contribution in [0.5, 0.6) is 0 Å². The summed E-state index contributed by atoms with van der Waals surface area (Å²) in [6.07, 6.45) is 3.83. The first-order valence-electron chi connectivity index (χ1n) is 11.3. The van der Waals surface area contributed by atoms with Gasteiger partial charge >= 0.3 is 6.03 Å². The summed E-state index contributed by atoms with van der Waals surface area (Å²) < 4.78 is 0. The smallest absolute Gasteiger partial charge is 0.330 e. The lowest BCUT2D eigenvalue weighted by atomic mass is 10.0. The number of amidine groups is 1. The Kier molecular flexibility index (Phi) is 5.55. The van der Waals surface area contributed by atoms with Crippen molar-refractivity contribution in [2.24, 2.45) is 16.6 Å². The van der Waals surface area contributed by atoms with Crippen LogP contribution >= 0.6 is 11.6 Å². The molecule has 0 aliphatic carbocycles. The van der Waals surface area contributed by atoms with Gasteiger partial charge in [-0.25, -0.2) is 9.78 Å². The van der Waals surface area contributed by atoms with Gasteiger partial charge in [0.15, 0.2) is 5.84 Å². The van der Waals surface area contributed by atoms with Crippen LogP contribution in [0.1, 0.15) is 37.9 Å². The highest BCUT2D eigenvalue weighted by molar-refractivity contribution is 6.30. The standard InChI is InChI=1S/C24H29ClN6O/c1-15(2)20-14-31-23(28-20)22-21(11-19(12-27-22)29-9-7-18(26)8-10-29)30(24(31)32)13-16-3-5-17(25)6-4-16/h3-6,11-12,15,18,20H,7-10,13-14,26H2,1-2H3. The number of fused-ring (bicyclic) bond motifs is 3. The molecule has 1 aromatic carbocycles. The number of anilines is 2. The van der Waals surface area contributed by atoms with Gasteiger partial charge in [-0.3, -0.25) is 14.8 Å². The highest BCUT2D eigenvalue weighted by atomic mass is 35.5. The predicted molar refractivity (Wildman–Crippen MR) is 129 cm³/mol. The zero-order chi connectivity index (χ0) is 22.4. The number of pyridine rings is 1. The summed E-state index contributed by atoms with van der Waals surface area (Å²) in [5, 5.41) is 0.681. The van der Waals surface area contributed by atoms with Gasteiger partial charge in [-0.15, -0.1) is 0 Å². The highest BCUT2D eigenvalue weighted by Gasteiger charge is 2.42. The quantitative estimate of drug-likeness (QED) is 0.763. The topological polar surface area (TPSA) is 78.1 Å². The number of halogens is 1. The normalized spacial score (nSPS) is 21.2. The molecular formula is C24H29ClN6O. The minimum Gasteiger partial charge on any atom is -0.370 e. The number of benzene rings is 1. The molecule has 32 heavy (non-hydrogen) atoms. The summed E-state index contributed by atoms with van der Waals surface area (Å²) in [6, 6.07) is 10.0. The number of carbonyl (C=O) groups excluding carboxylic acids is 1. The van der Waals surface area contributed by atoms with Crippen LogP contribution in [0.4, 0.5) is 16.2 Å². The minimum absolute atomic E-state index is 0.0473. The van der Waals surface area contributed by atoms with E-state index in [1.54, 1.807) is 4.90 Å². The Morgan fingerprint density at radius 1 is 1.19 bits per heavy atom. The van der Waals surface area contributed by atoms with E-state index in [0.717, 1.165) is 48.6 Å². The molecule has 1 unspecified atom stereocenters. The van der Waals surface area contributed by atoms with Gasteiger partial charge in [-0.05, 0) is 42.5 Å². The third kappa shape index (κ3) is 3.84. The fraction of sp³-hybridized carbons (Fsp3) is 0.458. The summed E-state index contributed by atoms with van der Waals surface area (Å²) in [4.78, 5) is 29.3. The zero-order valence-electron chi connectivity index (χ0n) is 18.5. The Morgan fingerprint density at radius 3 is 2.59 bits per heavy atom. The highest BCUT2D eigenvalue weighted by Crippen LogP contribution is 2.36. The molecule has 2 amide bonds. The Hall–Kier alpha value is -2.64. The summed E-state index contributed by atoms with van der Waals surface area (Å²) in [5.41, 5.74) is 9.73. The van der Waals surface area contributed by atoms with Gasteiger partial charge in [0.25, 0.3) is 0 Å². The van der Waals surface area contributed by atoms with Crippen molar-refractivity contribution in [1.82, 2.24) is 9.88 Å². The van der Waals surface area contributed by atoms with Crippen LogP contribution in [0, 0.1) is 5.92 Å².